The van der Waals surface area contributed by atoms with Gasteiger partial charge in [-0.3, -0.25) is 4.79 Å². The normalized spacial score (nSPS) is 22.4. The van der Waals surface area contributed by atoms with Crippen molar-refractivity contribution in [2.24, 2.45) is 5.92 Å². The molecule has 150 valence electrons. The summed E-state index contributed by atoms with van der Waals surface area (Å²) >= 11 is 6.18. The fraction of sp³-hybridized carbons (Fsp3) is 0.409. The summed E-state index contributed by atoms with van der Waals surface area (Å²) in [5.74, 6) is -0.0385. The van der Waals surface area contributed by atoms with Gasteiger partial charge in [0.1, 0.15) is 23.3 Å². The molecule has 0 spiro atoms. The standard InChI is InChI=1S/C22H25ClFNO3/c1-15(2)13-22(27)10-11-25(21(26)18-8-3-4-9-19(18)23)14-20(22)28-17-7-5-6-16(24)12-17/h3-9,12,15,20,27H,10-11,13-14H2,1-2H3/t20-,22+/m0/s1. The van der Waals surface area contributed by atoms with E-state index in [4.69, 9.17) is 16.3 Å². The van der Waals surface area contributed by atoms with E-state index in [1.165, 1.54) is 12.1 Å². The molecule has 0 aliphatic carbocycles. The van der Waals surface area contributed by atoms with E-state index in [-0.39, 0.29) is 18.4 Å². The van der Waals surface area contributed by atoms with Crippen LogP contribution < -0.4 is 4.74 Å². The van der Waals surface area contributed by atoms with Gasteiger partial charge >= 0.3 is 0 Å². The van der Waals surface area contributed by atoms with Crippen molar-refractivity contribution in [2.45, 2.75) is 38.4 Å². The molecule has 2 aromatic carbocycles. The van der Waals surface area contributed by atoms with E-state index in [1.54, 1.807) is 41.3 Å². The summed E-state index contributed by atoms with van der Waals surface area (Å²) in [4.78, 5) is 14.6. The summed E-state index contributed by atoms with van der Waals surface area (Å²) in [6.45, 7) is 4.65. The molecule has 28 heavy (non-hydrogen) atoms. The average Bonchev–Trinajstić information content (AvgIpc) is 2.63. The molecule has 1 aliphatic rings. The molecule has 0 bridgehead atoms. The number of rotatable bonds is 5. The summed E-state index contributed by atoms with van der Waals surface area (Å²) < 4.78 is 19.6. The Hall–Kier alpha value is -2.11. The molecule has 0 radical (unpaired) electrons. The van der Waals surface area contributed by atoms with Crippen LogP contribution in [0.2, 0.25) is 5.02 Å². The number of aliphatic hydroxyl groups is 1. The highest BCUT2D eigenvalue weighted by Gasteiger charge is 2.45. The van der Waals surface area contributed by atoms with Crippen molar-refractivity contribution in [1.29, 1.82) is 0 Å². The first-order valence-corrected chi connectivity index (χ1v) is 9.85. The molecule has 1 fully saturated rings. The van der Waals surface area contributed by atoms with Crippen LogP contribution in [0, 0.1) is 11.7 Å². The van der Waals surface area contributed by atoms with E-state index in [0.717, 1.165) is 0 Å². The maximum atomic E-state index is 13.6. The number of ether oxygens (including phenoxy) is 1. The van der Waals surface area contributed by atoms with Gasteiger partial charge in [0.15, 0.2) is 0 Å². The number of likely N-dealkylation sites (tertiary alicyclic amines) is 1. The van der Waals surface area contributed by atoms with Gasteiger partial charge in [0.25, 0.3) is 5.91 Å². The zero-order chi connectivity index (χ0) is 20.3. The summed E-state index contributed by atoms with van der Waals surface area (Å²) in [6.07, 6.45) is 0.236. The van der Waals surface area contributed by atoms with E-state index in [9.17, 15) is 14.3 Å². The molecule has 3 rings (SSSR count). The van der Waals surface area contributed by atoms with Crippen LogP contribution >= 0.6 is 11.6 Å². The fourth-order valence-electron chi connectivity index (χ4n) is 3.73. The molecule has 6 heteroatoms. The van der Waals surface area contributed by atoms with Gasteiger partial charge in [-0.05, 0) is 43.0 Å². The zero-order valence-electron chi connectivity index (χ0n) is 16.1. The third kappa shape index (κ3) is 4.65. The third-order valence-electron chi connectivity index (χ3n) is 5.03. The average molecular weight is 406 g/mol. The highest BCUT2D eigenvalue weighted by Crippen LogP contribution is 2.33. The molecule has 1 aliphatic heterocycles. The predicted molar refractivity (Wildman–Crippen MR) is 107 cm³/mol. The first kappa shape index (κ1) is 20.6. The molecule has 4 nitrogen and oxygen atoms in total. The largest absolute Gasteiger partial charge is 0.485 e. The maximum Gasteiger partial charge on any atom is 0.255 e. The lowest BCUT2D eigenvalue weighted by molar-refractivity contribution is -0.111. The number of nitrogens with zero attached hydrogens (tertiary/aromatic N) is 1. The first-order chi connectivity index (χ1) is 13.3. The highest BCUT2D eigenvalue weighted by atomic mass is 35.5. The van der Waals surface area contributed by atoms with Gasteiger partial charge in [-0.15, -0.1) is 0 Å². The molecule has 0 aromatic heterocycles. The molecule has 1 heterocycles. The lowest BCUT2D eigenvalue weighted by atomic mass is 9.81. The van der Waals surface area contributed by atoms with Gasteiger partial charge in [0.2, 0.25) is 0 Å². The van der Waals surface area contributed by atoms with Crippen LogP contribution in [-0.4, -0.2) is 40.7 Å². The molecule has 2 aromatic rings. The van der Waals surface area contributed by atoms with Crippen molar-refractivity contribution in [3.8, 4) is 5.75 Å². The highest BCUT2D eigenvalue weighted by molar-refractivity contribution is 6.33. The maximum absolute atomic E-state index is 13.6. The Balaban J connectivity index is 1.84. The van der Waals surface area contributed by atoms with Gasteiger partial charge in [-0.2, -0.15) is 0 Å². The van der Waals surface area contributed by atoms with Crippen LogP contribution in [0.5, 0.6) is 5.75 Å². The molecule has 0 saturated carbocycles. The van der Waals surface area contributed by atoms with Crippen LogP contribution in [-0.2, 0) is 0 Å². The predicted octanol–water partition coefficient (Wildman–Crippen LogP) is 4.55. The Morgan fingerprint density at radius 3 is 2.75 bits per heavy atom. The number of carbonyl (C=O) groups excluding carboxylic acids is 1. The SMILES string of the molecule is CC(C)C[C@]1(O)CCN(C(=O)c2ccccc2Cl)C[C@@H]1Oc1cccc(F)c1. The van der Waals surface area contributed by atoms with Crippen molar-refractivity contribution in [1.82, 2.24) is 4.90 Å². The van der Waals surface area contributed by atoms with Crippen molar-refractivity contribution in [3.05, 3.63) is 64.9 Å². The molecule has 1 N–H and O–H groups in total. The van der Waals surface area contributed by atoms with Gasteiger partial charge in [0.05, 0.1) is 17.1 Å². The number of piperidine rings is 1. The third-order valence-corrected chi connectivity index (χ3v) is 5.36. The smallest absolute Gasteiger partial charge is 0.255 e. The second-order valence-electron chi connectivity index (χ2n) is 7.75. The second kappa shape index (κ2) is 8.50. The number of amides is 1. The van der Waals surface area contributed by atoms with Crippen molar-refractivity contribution >= 4 is 17.5 Å². The summed E-state index contributed by atoms with van der Waals surface area (Å²) in [5, 5.41) is 11.7. The molecular weight excluding hydrogens is 381 g/mol. The van der Waals surface area contributed by atoms with Crippen molar-refractivity contribution < 1.29 is 19.0 Å². The van der Waals surface area contributed by atoms with Crippen LogP contribution in [0.1, 0.15) is 37.0 Å². The van der Waals surface area contributed by atoms with E-state index < -0.39 is 17.5 Å². The summed E-state index contributed by atoms with van der Waals surface area (Å²) in [5.41, 5.74) is -0.680. The molecule has 2 atom stereocenters. The molecule has 1 amide bonds. The van der Waals surface area contributed by atoms with Gasteiger partial charge in [-0.1, -0.05) is 43.6 Å². The summed E-state index contributed by atoms with van der Waals surface area (Å²) in [7, 11) is 0. The van der Waals surface area contributed by atoms with Gasteiger partial charge in [-0.25, -0.2) is 4.39 Å². The van der Waals surface area contributed by atoms with Gasteiger partial charge in [0, 0.05) is 12.6 Å². The minimum atomic E-state index is -1.10. The van der Waals surface area contributed by atoms with Crippen LogP contribution in [0.15, 0.2) is 48.5 Å². The molecule has 0 unspecified atom stereocenters. The molecular formula is C22H25ClFNO3. The number of carbonyl (C=O) groups is 1. The van der Waals surface area contributed by atoms with E-state index >= 15 is 0 Å². The second-order valence-corrected chi connectivity index (χ2v) is 8.15. The van der Waals surface area contributed by atoms with Crippen molar-refractivity contribution in [2.75, 3.05) is 13.1 Å². The Labute approximate surface area is 169 Å². The Kier molecular flexibility index (Phi) is 6.26. The monoisotopic (exact) mass is 405 g/mol. The minimum Gasteiger partial charge on any atom is -0.485 e. The van der Waals surface area contributed by atoms with Gasteiger partial charge < -0.3 is 14.7 Å². The Morgan fingerprint density at radius 1 is 1.32 bits per heavy atom. The van der Waals surface area contributed by atoms with E-state index in [1.807, 2.05) is 13.8 Å². The lowest BCUT2D eigenvalue weighted by Crippen LogP contribution is -2.59. The van der Waals surface area contributed by atoms with E-state index in [2.05, 4.69) is 0 Å². The zero-order valence-corrected chi connectivity index (χ0v) is 16.8. The van der Waals surface area contributed by atoms with Crippen LogP contribution in [0.25, 0.3) is 0 Å². The first-order valence-electron chi connectivity index (χ1n) is 9.47. The Morgan fingerprint density at radius 2 is 2.07 bits per heavy atom. The topological polar surface area (TPSA) is 49.8 Å². The summed E-state index contributed by atoms with van der Waals surface area (Å²) in [6, 6.07) is 12.7. The quantitative estimate of drug-likeness (QED) is 0.793. The number of benzene rings is 2. The van der Waals surface area contributed by atoms with Crippen LogP contribution in [0.4, 0.5) is 4.39 Å². The number of halogens is 2. The molecule has 1 saturated heterocycles. The van der Waals surface area contributed by atoms with Crippen LogP contribution in [0.3, 0.4) is 0 Å². The number of hydrogen-bond donors (Lipinski definition) is 1. The minimum absolute atomic E-state index is 0.198. The number of hydrogen-bond acceptors (Lipinski definition) is 3. The fourth-order valence-corrected chi connectivity index (χ4v) is 3.95. The van der Waals surface area contributed by atoms with Crippen molar-refractivity contribution in [3.63, 3.8) is 0 Å². The Bertz CT molecular complexity index is 844. The van der Waals surface area contributed by atoms with E-state index in [0.29, 0.717) is 35.7 Å². The lowest BCUT2D eigenvalue weighted by Gasteiger charge is -2.45.